The van der Waals surface area contributed by atoms with Crippen molar-refractivity contribution < 1.29 is 23.8 Å². The van der Waals surface area contributed by atoms with Crippen LogP contribution in [-0.4, -0.2) is 53.9 Å². The number of amides is 1. The maximum atomic E-state index is 13.5. The number of hydrogen-bond acceptors (Lipinski definition) is 5. The Hall–Kier alpha value is -2.64. The molecule has 1 fully saturated rings. The minimum absolute atomic E-state index is 0.138. The highest BCUT2D eigenvalue weighted by Gasteiger charge is 2.42. The van der Waals surface area contributed by atoms with Crippen LogP contribution in [0.1, 0.15) is 25.3 Å². The lowest BCUT2D eigenvalue weighted by molar-refractivity contribution is -0.114. The Morgan fingerprint density at radius 3 is 2.83 bits per heavy atom. The van der Waals surface area contributed by atoms with E-state index in [1.165, 1.54) is 13.0 Å². The molecule has 0 unspecified atom stereocenters. The van der Waals surface area contributed by atoms with Crippen LogP contribution in [0.4, 0.5) is 10.1 Å². The molecular weight excluding hydrogens is 387 g/mol. The summed E-state index contributed by atoms with van der Waals surface area (Å²) in [5.41, 5.74) is 1.27. The summed E-state index contributed by atoms with van der Waals surface area (Å²) in [7, 11) is 0. The van der Waals surface area contributed by atoms with Crippen LogP contribution in [0.5, 0.6) is 11.5 Å². The van der Waals surface area contributed by atoms with Gasteiger partial charge in [-0.3, -0.25) is 4.79 Å². The summed E-state index contributed by atoms with van der Waals surface area (Å²) >= 11 is 0. The Balaban J connectivity index is 1.26. The summed E-state index contributed by atoms with van der Waals surface area (Å²) < 4.78 is 25.4. The number of β-amino-alcohol motifs (C(OH)–C–C–N with tert-alkyl or cyclic N) is 1. The maximum absolute atomic E-state index is 13.5. The molecular formula is C23H27FN2O4. The molecule has 2 aromatic rings. The summed E-state index contributed by atoms with van der Waals surface area (Å²) in [4.78, 5) is 13.5. The molecule has 0 aliphatic carbocycles. The van der Waals surface area contributed by atoms with Crippen molar-refractivity contribution in [2.45, 2.75) is 37.9 Å². The molecule has 30 heavy (non-hydrogen) atoms. The summed E-state index contributed by atoms with van der Waals surface area (Å²) in [5, 5.41) is 13.2. The van der Waals surface area contributed by atoms with E-state index >= 15 is 0 Å². The first-order valence-electron chi connectivity index (χ1n) is 10.3. The summed E-state index contributed by atoms with van der Waals surface area (Å²) in [6.45, 7) is 3.68. The zero-order valence-corrected chi connectivity index (χ0v) is 17.1. The quantitative estimate of drug-likeness (QED) is 0.761. The molecule has 1 atom stereocenters. The Morgan fingerprint density at radius 2 is 2.07 bits per heavy atom. The number of fused-ring (bicyclic) bond motifs is 1. The van der Waals surface area contributed by atoms with Crippen LogP contribution in [0.25, 0.3) is 0 Å². The Morgan fingerprint density at radius 1 is 1.30 bits per heavy atom. The smallest absolute Gasteiger partial charge is 0.221 e. The van der Waals surface area contributed by atoms with E-state index in [-0.39, 0.29) is 23.9 Å². The van der Waals surface area contributed by atoms with Gasteiger partial charge in [-0.2, -0.15) is 0 Å². The lowest BCUT2D eigenvalue weighted by Crippen LogP contribution is -2.49. The van der Waals surface area contributed by atoms with E-state index in [1.807, 2.05) is 12.1 Å². The van der Waals surface area contributed by atoms with Crippen molar-refractivity contribution in [3.63, 3.8) is 0 Å². The number of benzene rings is 2. The molecule has 2 aliphatic rings. The van der Waals surface area contributed by atoms with Crippen molar-refractivity contribution in [1.82, 2.24) is 4.90 Å². The van der Waals surface area contributed by atoms with Gasteiger partial charge in [-0.25, -0.2) is 4.39 Å². The predicted octanol–water partition coefficient (Wildman–Crippen LogP) is 2.99. The number of hydrogen-bond donors (Lipinski definition) is 2. The number of anilines is 1. The van der Waals surface area contributed by atoms with E-state index in [1.54, 1.807) is 24.3 Å². The molecule has 7 heteroatoms. The number of aliphatic hydroxyl groups is 1. The van der Waals surface area contributed by atoms with Gasteiger partial charge >= 0.3 is 0 Å². The third-order valence-electron chi connectivity index (χ3n) is 5.73. The first kappa shape index (κ1) is 20.6. The van der Waals surface area contributed by atoms with Crippen molar-refractivity contribution in [3.8, 4) is 11.5 Å². The van der Waals surface area contributed by atoms with Gasteiger partial charge in [0, 0.05) is 51.4 Å². The zero-order valence-electron chi connectivity index (χ0n) is 17.1. The number of nitrogens with one attached hydrogen (secondary N) is 1. The number of carbonyl (C=O) groups excluding carboxylic acids is 1. The summed E-state index contributed by atoms with van der Waals surface area (Å²) in [6.07, 6.45) is 1.75. The van der Waals surface area contributed by atoms with Crippen LogP contribution in [0.15, 0.2) is 42.5 Å². The van der Waals surface area contributed by atoms with E-state index in [2.05, 4.69) is 10.2 Å². The van der Waals surface area contributed by atoms with Gasteiger partial charge in [0.1, 0.15) is 35.6 Å². The molecule has 0 aromatic heterocycles. The van der Waals surface area contributed by atoms with Gasteiger partial charge in [0.15, 0.2) is 0 Å². The summed E-state index contributed by atoms with van der Waals surface area (Å²) in [6, 6.07) is 11.9. The van der Waals surface area contributed by atoms with Gasteiger partial charge in [-0.1, -0.05) is 12.1 Å². The number of nitrogens with zero attached hydrogens (tertiary/aromatic N) is 1. The molecule has 1 saturated heterocycles. The fourth-order valence-electron chi connectivity index (χ4n) is 4.25. The van der Waals surface area contributed by atoms with Gasteiger partial charge in [0.05, 0.1) is 5.69 Å². The van der Waals surface area contributed by atoms with Crippen LogP contribution in [0.2, 0.25) is 0 Å². The topological polar surface area (TPSA) is 71.0 Å². The first-order valence-corrected chi connectivity index (χ1v) is 10.3. The molecule has 0 bridgehead atoms. The highest BCUT2D eigenvalue weighted by atomic mass is 19.1. The minimum Gasteiger partial charge on any atom is -0.489 e. The van der Waals surface area contributed by atoms with E-state index in [4.69, 9.17) is 9.47 Å². The molecule has 2 N–H and O–H groups in total. The normalized spacial score (nSPS) is 18.5. The molecule has 0 saturated carbocycles. The zero-order chi connectivity index (χ0) is 21.1. The van der Waals surface area contributed by atoms with Crippen molar-refractivity contribution in [3.05, 3.63) is 53.8 Å². The van der Waals surface area contributed by atoms with Crippen molar-refractivity contribution in [2.75, 3.05) is 31.6 Å². The molecule has 160 valence electrons. The first-order chi connectivity index (χ1) is 14.4. The number of aliphatic hydroxyl groups excluding tert-OH is 1. The summed E-state index contributed by atoms with van der Waals surface area (Å²) in [5.74, 6) is 0.924. The van der Waals surface area contributed by atoms with Gasteiger partial charge in [-0.15, -0.1) is 0 Å². The van der Waals surface area contributed by atoms with Gasteiger partial charge in [-0.05, 0) is 30.3 Å². The second-order valence-corrected chi connectivity index (χ2v) is 8.16. The van der Waals surface area contributed by atoms with Gasteiger partial charge in [0.2, 0.25) is 5.91 Å². The lowest BCUT2D eigenvalue weighted by Gasteiger charge is -2.39. The van der Waals surface area contributed by atoms with Crippen molar-refractivity contribution in [2.24, 2.45) is 0 Å². The fourth-order valence-corrected chi connectivity index (χ4v) is 4.25. The number of carbonyl (C=O) groups is 1. The average Bonchev–Trinajstić information content (AvgIpc) is 3.06. The number of piperidine rings is 1. The van der Waals surface area contributed by atoms with Crippen LogP contribution in [-0.2, 0) is 11.2 Å². The molecule has 0 radical (unpaired) electrons. The number of rotatable bonds is 6. The van der Waals surface area contributed by atoms with E-state index in [0.29, 0.717) is 18.0 Å². The highest BCUT2D eigenvalue weighted by molar-refractivity contribution is 5.90. The number of halogens is 1. The van der Waals surface area contributed by atoms with Crippen LogP contribution in [0.3, 0.4) is 0 Å². The molecule has 2 heterocycles. The largest absolute Gasteiger partial charge is 0.489 e. The van der Waals surface area contributed by atoms with Crippen LogP contribution >= 0.6 is 0 Å². The minimum atomic E-state index is -0.653. The van der Waals surface area contributed by atoms with E-state index < -0.39 is 6.10 Å². The van der Waals surface area contributed by atoms with Gasteiger partial charge in [0.25, 0.3) is 0 Å². The third kappa shape index (κ3) is 4.74. The molecule has 4 rings (SSSR count). The third-order valence-corrected chi connectivity index (χ3v) is 5.73. The fraction of sp³-hybridized carbons (Fsp3) is 0.435. The monoisotopic (exact) mass is 414 g/mol. The Kier molecular flexibility index (Phi) is 5.92. The Bertz CT molecular complexity index is 912. The molecule has 2 aliphatic heterocycles. The predicted molar refractivity (Wildman–Crippen MR) is 111 cm³/mol. The number of para-hydroxylation sites is 2. The maximum Gasteiger partial charge on any atom is 0.221 e. The molecule has 1 spiro atoms. The molecule has 1 amide bonds. The number of ether oxygens (including phenoxy) is 2. The SMILES string of the molecule is CC(=O)Nc1ccccc1OC[C@@H](O)CN1CCC2(CC1)Cc1cc(F)ccc1O2. The van der Waals surface area contributed by atoms with E-state index in [0.717, 1.165) is 43.7 Å². The van der Waals surface area contributed by atoms with Gasteiger partial charge < -0.3 is 24.8 Å². The molecule has 2 aromatic carbocycles. The van der Waals surface area contributed by atoms with Crippen molar-refractivity contribution >= 4 is 11.6 Å². The average molecular weight is 414 g/mol. The van der Waals surface area contributed by atoms with Crippen LogP contribution < -0.4 is 14.8 Å². The lowest BCUT2D eigenvalue weighted by atomic mass is 9.87. The Labute approximate surface area is 175 Å². The second-order valence-electron chi connectivity index (χ2n) is 8.16. The van der Waals surface area contributed by atoms with Crippen molar-refractivity contribution in [1.29, 1.82) is 0 Å². The van der Waals surface area contributed by atoms with E-state index in [9.17, 15) is 14.3 Å². The highest BCUT2D eigenvalue weighted by Crippen LogP contribution is 2.41. The number of likely N-dealkylation sites (tertiary alicyclic amines) is 1. The van der Waals surface area contributed by atoms with Crippen LogP contribution in [0, 0.1) is 5.82 Å². The second kappa shape index (κ2) is 8.62. The standard InChI is InChI=1S/C23H27FN2O4/c1-16(27)25-20-4-2-3-5-22(20)29-15-19(28)14-26-10-8-23(9-11-26)13-17-12-18(24)6-7-21(17)30-23/h2-7,12,19,28H,8-11,13-15H2,1H3,(H,25,27)/t19-/m0/s1. The molecule has 6 nitrogen and oxygen atoms in total.